The molecule has 0 aliphatic carbocycles. The summed E-state index contributed by atoms with van der Waals surface area (Å²) in [6.45, 7) is 0.775. The van der Waals surface area contributed by atoms with Crippen LogP contribution in [0, 0.1) is 23.1 Å². The molecule has 0 N–H and O–H groups in total. The number of hydrogen-bond donors (Lipinski definition) is 0. The minimum absolute atomic E-state index is 0.0276. The molecule has 0 radical (unpaired) electrons. The van der Waals surface area contributed by atoms with Crippen molar-refractivity contribution in [1.82, 2.24) is 0 Å². The lowest BCUT2D eigenvalue weighted by molar-refractivity contribution is 0.306. The summed E-state index contributed by atoms with van der Waals surface area (Å²) >= 11 is 0. The Morgan fingerprint density at radius 2 is 2.20 bits per heavy atom. The number of benzene rings is 1. The predicted octanol–water partition coefficient (Wildman–Crippen LogP) is 2.10. The third-order valence-electron chi connectivity index (χ3n) is 2.62. The highest BCUT2D eigenvalue weighted by Crippen LogP contribution is 2.29. The zero-order valence-corrected chi connectivity index (χ0v) is 8.08. The molecule has 2 nitrogen and oxygen atoms in total. The van der Waals surface area contributed by atoms with Gasteiger partial charge in [0, 0.05) is 19.0 Å². The van der Waals surface area contributed by atoms with Crippen LogP contribution in [0.25, 0.3) is 0 Å². The van der Waals surface area contributed by atoms with Crippen LogP contribution in [0.5, 0.6) is 0 Å². The van der Waals surface area contributed by atoms with E-state index in [1.807, 2.05) is 11.0 Å². The third kappa shape index (κ3) is 1.65. The molecular weight excluding hydrogens is 198 g/mol. The molecule has 0 atom stereocenters. The second-order valence-electron chi connectivity index (χ2n) is 3.67. The summed E-state index contributed by atoms with van der Waals surface area (Å²) in [6, 6.07) is 6.35. The zero-order valence-electron chi connectivity index (χ0n) is 8.08. The SMILES string of the molecule is N#Cc1c(F)cccc1N1CC(CF)C1. The number of anilines is 1. The second-order valence-corrected chi connectivity index (χ2v) is 3.67. The van der Waals surface area contributed by atoms with E-state index in [0.717, 1.165) is 0 Å². The molecule has 15 heavy (non-hydrogen) atoms. The molecule has 1 heterocycles. The lowest BCUT2D eigenvalue weighted by Gasteiger charge is -2.40. The molecule has 78 valence electrons. The van der Waals surface area contributed by atoms with Crippen LogP contribution >= 0.6 is 0 Å². The van der Waals surface area contributed by atoms with E-state index < -0.39 is 5.82 Å². The highest BCUT2D eigenvalue weighted by Gasteiger charge is 2.28. The third-order valence-corrected chi connectivity index (χ3v) is 2.62. The van der Waals surface area contributed by atoms with Gasteiger partial charge in [0.15, 0.2) is 0 Å². The Hall–Kier alpha value is -1.63. The van der Waals surface area contributed by atoms with Gasteiger partial charge in [-0.3, -0.25) is 4.39 Å². The first kappa shape index (κ1) is 9.91. The van der Waals surface area contributed by atoms with Crippen molar-refractivity contribution in [2.75, 3.05) is 24.7 Å². The minimum Gasteiger partial charge on any atom is -0.369 e. The number of rotatable bonds is 2. The second kappa shape index (κ2) is 3.85. The van der Waals surface area contributed by atoms with Crippen LogP contribution in [0.2, 0.25) is 0 Å². The fraction of sp³-hybridized carbons (Fsp3) is 0.364. The van der Waals surface area contributed by atoms with Gasteiger partial charge in [-0.05, 0) is 12.1 Å². The number of hydrogen-bond acceptors (Lipinski definition) is 2. The van der Waals surface area contributed by atoms with E-state index in [9.17, 15) is 8.78 Å². The van der Waals surface area contributed by atoms with E-state index in [4.69, 9.17) is 5.26 Å². The first-order valence-electron chi connectivity index (χ1n) is 4.75. The largest absolute Gasteiger partial charge is 0.369 e. The molecule has 1 aliphatic rings. The molecule has 0 saturated carbocycles. The fourth-order valence-corrected chi connectivity index (χ4v) is 1.75. The number of nitrogens with zero attached hydrogens (tertiary/aromatic N) is 2. The van der Waals surface area contributed by atoms with Crippen molar-refractivity contribution in [2.24, 2.45) is 5.92 Å². The molecule has 0 unspecified atom stereocenters. The van der Waals surface area contributed by atoms with E-state index in [0.29, 0.717) is 18.8 Å². The van der Waals surface area contributed by atoms with Crippen molar-refractivity contribution in [2.45, 2.75) is 0 Å². The van der Waals surface area contributed by atoms with Crippen LogP contribution in [-0.4, -0.2) is 19.8 Å². The van der Waals surface area contributed by atoms with Crippen LogP contribution in [0.1, 0.15) is 5.56 Å². The van der Waals surface area contributed by atoms with Gasteiger partial charge in [-0.2, -0.15) is 5.26 Å². The van der Waals surface area contributed by atoms with E-state index in [-0.39, 0.29) is 18.2 Å². The lowest BCUT2D eigenvalue weighted by Crippen LogP contribution is -2.48. The molecule has 1 aromatic carbocycles. The smallest absolute Gasteiger partial charge is 0.143 e. The average molecular weight is 208 g/mol. The number of halogens is 2. The maximum Gasteiger partial charge on any atom is 0.143 e. The summed E-state index contributed by atoms with van der Waals surface area (Å²) in [7, 11) is 0. The van der Waals surface area contributed by atoms with Crippen LogP contribution in [0.4, 0.5) is 14.5 Å². The number of nitriles is 1. The topological polar surface area (TPSA) is 27.0 Å². The molecule has 0 aromatic heterocycles. The Kier molecular flexibility index (Phi) is 2.55. The Morgan fingerprint density at radius 3 is 2.80 bits per heavy atom. The lowest BCUT2D eigenvalue weighted by atomic mass is 9.99. The van der Waals surface area contributed by atoms with Crippen molar-refractivity contribution in [3.63, 3.8) is 0 Å². The van der Waals surface area contributed by atoms with Gasteiger partial charge in [-0.15, -0.1) is 0 Å². The van der Waals surface area contributed by atoms with Crippen LogP contribution in [-0.2, 0) is 0 Å². The highest BCUT2D eigenvalue weighted by atomic mass is 19.1. The maximum absolute atomic E-state index is 13.2. The molecule has 2 rings (SSSR count). The Labute approximate surface area is 86.7 Å². The summed E-state index contributed by atoms with van der Waals surface area (Å²) in [5.74, 6) is -0.487. The Balaban J connectivity index is 2.23. The summed E-state index contributed by atoms with van der Waals surface area (Å²) in [4.78, 5) is 1.83. The van der Waals surface area contributed by atoms with Crippen LogP contribution in [0.3, 0.4) is 0 Å². The molecule has 0 amide bonds. The Morgan fingerprint density at radius 1 is 1.47 bits per heavy atom. The summed E-state index contributed by atoms with van der Waals surface area (Å²) in [6.07, 6.45) is 0. The van der Waals surface area contributed by atoms with Crippen molar-refractivity contribution < 1.29 is 8.78 Å². The molecule has 1 fully saturated rings. The number of alkyl halides is 1. The van der Waals surface area contributed by atoms with Gasteiger partial charge in [0.05, 0.1) is 12.4 Å². The van der Waals surface area contributed by atoms with Gasteiger partial charge in [0.1, 0.15) is 17.4 Å². The van der Waals surface area contributed by atoms with Gasteiger partial charge in [0.25, 0.3) is 0 Å². The molecule has 1 saturated heterocycles. The minimum atomic E-state index is -0.515. The summed E-state index contributed by atoms with van der Waals surface area (Å²) < 4.78 is 25.5. The summed E-state index contributed by atoms with van der Waals surface area (Å²) in [5, 5.41) is 8.80. The van der Waals surface area contributed by atoms with Gasteiger partial charge in [0.2, 0.25) is 0 Å². The van der Waals surface area contributed by atoms with Crippen molar-refractivity contribution in [3.8, 4) is 6.07 Å². The van der Waals surface area contributed by atoms with E-state index >= 15 is 0 Å². The average Bonchev–Trinajstić information content (AvgIpc) is 2.16. The summed E-state index contributed by atoms with van der Waals surface area (Å²) in [5.41, 5.74) is 0.622. The van der Waals surface area contributed by atoms with Gasteiger partial charge in [-0.1, -0.05) is 6.07 Å². The maximum atomic E-state index is 13.2. The van der Waals surface area contributed by atoms with Gasteiger partial charge in [-0.25, -0.2) is 4.39 Å². The monoisotopic (exact) mass is 208 g/mol. The molecule has 0 bridgehead atoms. The molecule has 0 spiro atoms. The first-order valence-corrected chi connectivity index (χ1v) is 4.75. The molecule has 1 aromatic rings. The first-order chi connectivity index (χ1) is 7.26. The van der Waals surface area contributed by atoms with Crippen LogP contribution in [0.15, 0.2) is 18.2 Å². The van der Waals surface area contributed by atoms with Gasteiger partial charge >= 0.3 is 0 Å². The van der Waals surface area contributed by atoms with E-state index in [1.54, 1.807) is 12.1 Å². The molecular formula is C11H10F2N2. The van der Waals surface area contributed by atoms with Gasteiger partial charge < -0.3 is 4.90 Å². The van der Waals surface area contributed by atoms with Crippen molar-refractivity contribution in [1.29, 1.82) is 5.26 Å². The zero-order chi connectivity index (χ0) is 10.8. The molecule has 4 heteroatoms. The van der Waals surface area contributed by atoms with E-state index in [2.05, 4.69) is 0 Å². The quantitative estimate of drug-likeness (QED) is 0.744. The van der Waals surface area contributed by atoms with Crippen LogP contribution < -0.4 is 4.90 Å². The highest BCUT2D eigenvalue weighted by molar-refractivity contribution is 5.61. The standard InChI is InChI=1S/C11H10F2N2/c12-4-8-6-15(7-8)11-3-1-2-10(13)9(11)5-14/h1-3,8H,4,6-7H2. The van der Waals surface area contributed by atoms with Crippen molar-refractivity contribution >= 4 is 5.69 Å². The molecule has 1 aliphatic heterocycles. The predicted molar refractivity (Wildman–Crippen MR) is 52.8 cm³/mol. The normalized spacial score (nSPS) is 15.9. The fourth-order valence-electron chi connectivity index (χ4n) is 1.75. The Bertz CT molecular complexity index is 406. The van der Waals surface area contributed by atoms with Crippen molar-refractivity contribution in [3.05, 3.63) is 29.6 Å². The van der Waals surface area contributed by atoms with E-state index in [1.165, 1.54) is 6.07 Å².